The molecule has 0 radical (unpaired) electrons. The van der Waals surface area contributed by atoms with E-state index in [1.807, 2.05) is 0 Å². The number of carbonyl (C=O) groups excluding carboxylic acids is 2. The molecule has 0 aliphatic heterocycles. The summed E-state index contributed by atoms with van der Waals surface area (Å²) in [6.45, 7) is 0.622. The fraction of sp³-hybridized carbons (Fsp3) is 0.714. The minimum atomic E-state index is -1.24. The Labute approximate surface area is 130 Å². The quantitative estimate of drug-likeness (QED) is 0.160. The van der Waals surface area contributed by atoms with Crippen molar-refractivity contribution < 1.29 is 19.5 Å². The van der Waals surface area contributed by atoms with Crippen molar-refractivity contribution in [2.45, 2.75) is 57.4 Å². The molecule has 0 rings (SSSR count). The topological polar surface area (TPSA) is 162 Å². The van der Waals surface area contributed by atoms with E-state index in [0.717, 1.165) is 32.1 Å². The molecule has 0 saturated heterocycles. The van der Waals surface area contributed by atoms with Crippen LogP contribution in [0.15, 0.2) is 4.99 Å². The molecule has 7 N–H and O–H groups in total. The number of carboxylic acids is 1. The molecule has 0 aromatic heterocycles. The van der Waals surface area contributed by atoms with Crippen LogP contribution >= 0.6 is 0 Å². The van der Waals surface area contributed by atoms with E-state index in [4.69, 9.17) is 22.3 Å². The van der Waals surface area contributed by atoms with Gasteiger partial charge >= 0.3 is 5.97 Å². The zero-order valence-corrected chi connectivity index (χ0v) is 12.8. The lowest BCUT2D eigenvalue weighted by Gasteiger charge is -2.06. The van der Waals surface area contributed by atoms with Gasteiger partial charge in [0.15, 0.2) is 11.7 Å². The van der Waals surface area contributed by atoms with Crippen LogP contribution < -0.4 is 17.2 Å². The molecule has 0 aliphatic rings. The molecule has 22 heavy (non-hydrogen) atoms. The summed E-state index contributed by atoms with van der Waals surface area (Å²) < 4.78 is 0. The number of aliphatic carboxylic acids is 1. The van der Waals surface area contributed by atoms with Crippen LogP contribution in [-0.2, 0) is 14.4 Å². The first-order valence-corrected chi connectivity index (χ1v) is 7.44. The second kappa shape index (κ2) is 11.7. The summed E-state index contributed by atoms with van der Waals surface area (Å²) in [6, 6.07) is -1.24. The molecule has 0 spiro atoms. The molecule has 0 aromatic carbocycles. The van der Waals surface area contributed by atoms with Crippen molar-refractivity contribution in [2.75, 3.05) is 6.54 Å². The number of Topliss-reactive ketones (excluding diaryl/α,β-unsaturated/α-hetero) is 2. The fourth-order valence-electron chi connectivity index (χ4n) is 1.92. The Balaban J connectivity index is 3.62. The van der Waals surface area contributed by atoms with Gasteiger partial charge in [-0.1, -0.05) is 25.7 Å². The minimum Gasteiger partial charge on any atom is -0.481 e. The van der Waals surface area contributed by atoms with Crippen molar-refractivity contribution in [2.24, 2.45) is 22.2 Å². The number of unbranched alkanes of at least 4 members (excludes halogenated alkanes) is 5. The second-order valence-electron chi connectivity index (χ2n) is 5.17. The molecule has 0 aromatic rings. The summed E-state index contributed by atoms with van der Waals surface area (Å²) in [5, 5.41) is 8.51. The molecule has 0 saturated carbocycles. The highest BCUT2D eigenvalue weighted by Crippen LogP contribution is 2.08. The summed E-state index contributed by atoms with van der Waals surface area (Å²) in [5.74, 6) is -2.46. The van der Waals surface area contributed by atoms with Crippen molar-refractivity contribution in [3.63, 3.8) is 0 Å². The van der Waals surface area contributed by atoms with E-state index in [0.29, 0.717) is 13.0 Å². The number of nitrogens with zero attached hydrogens (tertiary/aromatic N) is 1. The van der Waals surface area contributed by atoms with Gasteiger partial charge in [-0.05, 0) is 12.8 Å². The molecule has 0 heterocycles. The maximum absolute atomic E-state index is 11.5. The summed E-state index contributed by atoms with van der Waals surface area (Å²) in [5.41, 5.74) is 15.8. The van der Waals surface area contributed by atoms with Crippen molar-refractivity contribution in [1.29, 1.82) is 0 Å². The smallest absolute Gasteiger partial charge is 0.305 e. The van der Waals surface area contributed by atoms with Crippen LogP contribution in [0.4, 0.5) is 0 Å². The van der Waals surface area contributed by atoms with E-state index >= 15 is 0 Å². The number of hydrogen-bond donors (Lipinski definition) is 4. The molecule has 1 unspecified atom stereocenters. The van der Waals surface area contributed by atoms with E-state index < -0.39 is 30.0 Å². The summed E-state index contributed by atoms with van der Waals surface area (Å²) >= 11 is 0. The number of rotatable bonds is 13. The Hall–Kier alpha value is -1.96. The second-order valence-corrected chi connectivity index (χ2v) is 5.17. The molecule has 0 aliphatic carbocycles. The predicted molar refractivity (Wildman–Crippen MR) is 83.2 cm³/mol. The van der Waals surface area contributed by atoms with Crippen molar-refractivity contribution in [3.05, 3.63) is 0 Å². The monoisotopic (exact) mass is 314 g/mol. The molecule has 8 heteroatoms. The largest absolute Gasteiger partial charge is 0.481 e. The summed E-state index contributed by atoms with van der Waals surface area (Å²) in [4.78, 5) is 37.3. The Morgan fingerprint density at radius 2 is 1.50 bits per heavy atom. The Morgan fingerprint density at radius 1 is 0.955 bits per heavy atom. The van der Waals surface area contributed by atoms with E-state index in [1.54, 1.807) is 0 Å². The molecule has 0 fully saturated rings. The Bertz CT molecular complexity index is 406. The van der Waals surface area contributed by atoms with Crippen molar-refractivity contribution >= 4 is 23.5 Å². The first-order valence-electron chi connectivity index (χ1n) is 7.44. The maximum atomic E-state index is 11.5. The van der Waals surface area contributed by atoms with E-state index in [-0.39, 0.29) is 12.4 Å². The number of nitrogens with two attached hydrogens (primary N) is 3. The number of ketones is 2. The Kier molecular flexibility index (Phi) is 10.6. The first kappa shape index (κ1) is 20.0. The zero-order chi connectivity index (χ0) is 17.0. The molecule has 1 atom stereocenters. The van der Waals surface area contributed by atoms with Crippen LogP contribution in [0.1, 0.15) is 51.4 Å². The fourth-order valence-corrected chi connectivity index (χ4v) is 1.92. The van der Waals surface area contributed by atoms with Crippen LogP contribution in [0, 0.1) is 0 Å². The minimum absolute atomic E-state index is 0.101. The maximum Gasteiger partial charge on any atom is 0.305 e. The molecule has 0 amide bonds. The average Bonchev–Trinajstić information content (AvgIpc) is 2.43. The molecule has 8 nitrogen and oxygen atoms in total. The number of carbonyl (C=O) groups is 3. The number of hydrogen-bond acceptors (Lipinski definition) is 5. The predicted octanol–water partition coefficient (Wildman–Crippen LogP) is -0.0693. The highest BCUT2D eigenvalue weighted by Gasteiger charge is 2.23. The summed E-state index contributed by atoms with van der Waals surface area (Å²) in [7, 11) is 0. The third-order valence-corrected chi connectivity index (χ3v) is 3.11. The average molecular weight is 314 g/mol. The Morgan fingerprint density at radius 3 is 2.05 bits per heavy atom. The van der Waals surface area contributed by atoms with Crippen LogP contribution in [0.3, 0.4) is 0 Å². The lowest BCUT2D eigenvalue weighted by Crippen LogP contribution is -2.37. The van der Waals surface area contributed by atoms with Crippen LogP contribution in [0.5, 0.6) is 0 Å². The van der Waals surface area contributed by atoms with Gasteiger partial charge in [0, 0.05) is 13.0 Å². The van der Waals surface area contributed by atoms with Crippen LogP contribution in [0.2, 0.25) is 0 Å². The molecular formula is C14H26N4O4. The van der Waals surface area contributed by atoms with Crippen LogP contribution in [0.25, 0.3) is 0 Å². The van der Waals surface area contributed by atoms with Gasteiger partial charge in [0.1, 0.15) is 0 Å². The third kappa shape index (κ3) is 10.8. The standard InChI is InChI=1S/C14H26N4O4/c15-10(9-12(20)21)13(22)11(19)7-5-3-1-2-4-6-8-18-14(16)17/h10H,1-9,15H2,(H,20,21)(H4,16,17,18). The SMILES string of the molecule is NC(N)=NCCCCCCCCC(=O)C(=O)C(N)CC(=O)O. The lowest BCUT2D eigenvalue weighted by molar-refractivity contribution is -0.141. The van der Waals surface area contributed by atoms with Crippen molar-refractivity contribution in [3.8, 4) is 0 Å². The van der Waals surface area contributed by atoms with Gasteiger partial charge in [-0.3, -0.25) is 19.4 Å². The van der Waals surface area contributed by atoms with Gasteiger partial charge in [-0.2, -0.15) is 0 Å². The normalized spacial score (nSPS) is 11.7. The van der Waals surface area contributed by atoms with E-state index in [2.05, 4.69) is 4.99 Å². The highest BCUT2D eigenvalue weighted by molar-refractivity contribution is 6.39. The first-order chi connectivity index (χ1) is 10.3. The van der Waals surface area contributed by atoms with Gasteiger partial charge in [0.2, 0.25) is 5.78 Å². The summed E-state index contributed by atoms with van der Waals surface area (Å²) in [6.07, 6.45) is 4.96. The van der Waals surface area contributed by atoms with Gasteiger partial charge in [0.25, 0.3) is 0 Å². The van der Waals surface area contributed by atoms with Gasteiger partial charge in [-0.15, -0.1) is 0 Å². The third-order valence-electron chi connectivity index (χ3n) is 3.11. The molecular weight excluding hydrogens is 288 g/mol. The van der Waals surface area contributed by atoms with Crippen LogP contribution in [-0.4, -0.2) is 41.2 Å². The number of carboxylic acid groups (broad SMARTS) is 1. The number of guanidine groups is 1. The van der Waals surface area contributed by atoms with E-state index in [1.165, 1.54) is 0 Å². The van der Waals surface area contributed by atoms with Gasteiger partial charge in [-0.25, -0.2) is 0 Å². The number of aliphatic imine (C=N–C) groups is 1. The van der Waals surface area contributed by atoms with Gasteiger partial charge in [0.05, 0.1) is 12.5 Å². The van der Waals surface area contributed by atoms with Crippen molar-refractivity contribution in [1.82, 2.24) is 0 Å². The highest BCUT2D eigenvalue weighted by atomic mass is 16.4. The molecule has 0 bridgehead atoms. The zero-order valence-electron chi connectivity index (χ0n) is 12.8. The molecule has 126 valence electrons. The van der Waals surface area contributed by atoms with E-state index in [9.17, 15) is 14.4 Å². The van der Waals surface area contributed by atoms with Gasteiger partial charge < -0.3 is 22.3 Å². The lowest BCUT2D eigenvalue weighted by atomic mass is 10.0.